The Morgan fingerprint density at radius 1 is 1.26 bits per heavy atom. The standard InChI is InChI=1S/C19H22FNO2/c1-14(22)16-9-10-21(13-16)12-15-7-8-19(18(20)11-15)23-17-5-3-2-4-6-17/h2-8,11,14,16,22H,9-10,12-13H2,1H3. The predicted molar refractivity (Wildman–Crippen MR) is 88.0 cm³/mol. The Balaban J connectivity index is 1.63. The van der Waals surface area contributed by atoms with Crippen LogP contribution in [0.4, 0.5) is 4.39 Å². The van der Waals surface area contributed by atoms with E-state index in [1.807, 2.05) is 31.2 Å². The molecular formula is C19H22FNO2. The minimum Gasteiger partial charge on any atom is -0.454 e. The van der Waals surface area contributed by atoms with Crippen molar-refractivity contribution < 1.29 is 14.2 Å². The molecule has 1 N–H and O–H groups in total. The van der Waals surface area contributed by atoms with Gasteiger partial charge in [0.1, 0.15) is 5.75 Å². The smallest absolute Gasteiger partial charge is 0.166 e. The van der Waals surface area contributed by atoms with Crippen LogP contribution in [0.1, 0.15) is 18.9 Å². The molecule has 23 heavy (non-hydrogen) atoms. The first-order valence-electron chi connectivity index (χ1n) is 8.03. The van der Waals surface area contributed by atoms with E-state index in [1.165, 1.54) is 6.07 Å². The highest BCUT2D eigenvalue weighted by atomic mass is 19.1. The topological polar surface area (TPSA) is 32.7 Å². The van der Waals surface area contributed by atoms with E-state index in [1.54, 1.807) is 18.2 Å². The van der Waals surface area contributed by atoms with E-state index in [2.05, 4.69) is 4.90 Å². The Morgan fingerprint density at radius 3 is 2.70 bits per heavy atom. The fourth-order valence-corrected chi connectivity index (χ4v) is 3.00. The predicted octanol–water partition coefficient (Wildman–Crippen LogP) is 3.82. The van der Waals surface area contributed by atoms with Gasteiger partial charge in [-0.2, -0.15) is 0 Å². The zero-order valence-electron chi connectivity index (χ0n) is 13.3. The van der Waals surface area contributed by atoms with E-state index in [4.69, 9.17) is 4.74 Å². The summed E-state index contributed by atoms with van der Waals surface area (Å²) in [5.41, 5.74) is 0.925. The van der Waals surface area contributed by atoms with E-state index in [0.717, 1.165) is 25.1 Å². The molecule has 2 aromatic carbocycles. The molecule has 1 aliphatic rings. The first-order chi connectivity index (χ1) is 11.1. The molecule has 0 radical (unpaired) electrons. The molecule has 2 atom stereocenters. The van der Waals surface area contributed by atoms with Gasteiger partial charge >= 0.3 is 0 Å². The van der Waals surface area contributed by atoms with Crippen LogP contribution in [0.15, 0.2) is 48.5 Å². The van der Waals surface area contributed by atoms with E-state index in [0.29, 0.717) is 18.2 Å². The molecule has 1 aliphatic heterocycles. The molecule has 1 heterocycles. The lowest BCUT2D eigenvalue weighted by atomic mass is 10.0. The minimum atomic E-state index is -0.349. The van der Waals surface area contributed by atoms with Gasteiger partial charge in [0, 0.05) is 13.1 Å². The molecule has 122 valence electrons. The number of likely N-dealkylation sites (tertiary alicyclic amines) is 1. The second kappa shape index (κ2) is 7.11. The lowest BCUT2D eigenvalue weighted by molar-refractivity contribution is 0.127. The third-order valence-corrected chi connectivity index (χ3v) is 4.36. The summed E-state index contributed by atoms with van der Waals surface area (Å²) in [6, 6.07) is 14.3. The maximum absolute atomic E-state index is 14.2. The Morgan fingerprint density at radius 2 is 2.04 bits per heavy atom. The fraction of sp³-hybridized carbons (Fsp3) is 0.368. The van der Waals surface area contributed by atoms with Gasteiger partial charge in [-0.15, -0.1) is 0 Å². The Labute approximate surface area is 136 Å². The number of halogens is 1. The SMILES string of the molecule is CC(O)C1CCN(Cc2ccc(Oc3ccccc3)c(F)c2)C1. The van der Waals surface area contributed by atoms with Crippen LogP contribution in [0.5, 0.6) is 11.5 Å². The zero-order chi connectivity index (χ0) is 16.2. The maximum Gasteiger partial charge on any atom is 0.166 e. The Kier molecular flexibility index (Phi) is 4.94. The van der Waals surface area contributed by atoms with E-state index < -0.39 is 0 Å². The van der Waals surface area contributed by atoms with Crippen molar-refractivity contribution in [1.82, 2.24) is 4.90 Å². The van der Waals surface area contributed by atoms with Crippen LogP contribution in [-0.4, -0.2) is 29.2 Å². The maximum atomic E-state index is 14.2. The van der Waals surface area contributed by atoms with Crippen LogP contribution >= 0.6 is 0 Å². The summed E-state index contributed by atoms with van der Waals surface area (Å²) in [5.74, 6) is 0.833. The third kappa shape index (κ3) is 4.09. The van der Waals surface area contributed by atoms with Gasteiger partial charge in [-0.05, 0) is 55.6 Å². The van der Waals surface area contributed by atoms with Crippen LogP contribution in [0.25, 0.3) is 0 Å². The van der Waals surface area contributed by atoms with Gasteiger partial charge < -0.3 is 9.84 Å². The molecule has 2 unspecified atom stereocenters. The van der Waals surface area contributed by atoms with Gasteiger partial charge in [-0.25, -0.2) is 4.39 Å². The van der Waals surface area contributed by atoms with Gasteiger partial charge in [-0.1, -0.05) is 24.3 Å². The van der Waals surface area contributed by atoms with E-state index in [9.17, 15) is 9.50 Å². The number of benzene rings is 2. The van der Waals surface area contributed by atoms with Crippen molar-refractivity contribution in [3.63, 3.8) is 0 Å². The first-order valence-corrected chi connectivity index (χ1v) is 8.03. The minimum absolute atomic E-state index is 0.239. The largest absolute Gasteiger partial charge is 0.454 e. The number of aliphatic hydroxyl groups is 1. The van der Waals surface area contributed by atoms with Crippen molar-refractivity contribution in [2.75, 3.05) is 13.1 Å². The Bertz CT molecular complexity index is 645. The monoisotopic (exact) mass is 315 g/mol. The summed E-state index contributed by atoms with van der Waals surface area (Å²) in [7, 11) is 0. The summed E-state index contributed by atoms with van der Waals surface area (Å²) in [5, 5.41) is 9.65. The number of ether oxygens (including phenoxy) is 1. The Hall–Kier alpha value is -1.91. The second-order valence-corrected chi connectivity index (χ2v) is 6.20. The average Bonchev–Trinajstić information content (AvgIpc) is 3.00. The number of hydrogen-bond acceptors (Lipinski definition) is 3. The van der Waals surface area contributed by atoms with Crippen molar-refractivity contribution in [2.24, 2.45) is 5.92 Å². The van der Waals surface area contributed by atoms with Gasteiger partial charge in [-0.3, -0.25) is 4.90 Å². The van der Waals surface area contributed by atoms with Crippen LogP contribution < -0.4 is 4.74 Å². The summed E-state index contributed by atoms with van der Waals surface area (Å²) < 4.78 is 19.8. The van der Waals surface area contributed by atoms with Crippen molar-refractivity contribution in [3.8, 4) is 11.5 Å². The summed E-state index contributed by atoms with van der Waals surface area (Å²) in [6.07, 6.45) is 0.716. The lowest BCUT2D eigenvalue weighted by Crippen LogP contribution is -2.24. The van der Waals surface area contributed by atoms with Crippen LogP contribution in [0.3, 0.4) is 0 Å². The summed E-state index contributed by atoms with van der Waals surface area (Å²) in [6.45, 7) is 4.34. The molecule has 0 aromatic heterocycles. The first kappa shape index (κ1) is 16.0. The molecule has 3 nitrogen and oxygen atoms in total. The molecule has 0 aliphatic carbocycles. The zero-order valence-corrected chi connectivity index (χ0v) is 13.3. The van der Waals surface area contributed by atoms with Crippen LogP contribution in [-0.2, 0) is 6.54 Å². The van der Waals surface area contributed by atoms with Crippen LogP contribution in [0, 0.1) is 11.7 Å². The van der Waals surface area contributed by atoms with Crippen molar-refractivity contribution >= 4 is 0 Å². The molecule has 0 bridgehead atoms. The second-order valence-electron chi connectivity index (χ2n) is 6.20. The fourth-order valence-electron chi connectivity index (χ4n) is 3.00. The molecule has 2 aromatic rings. The number of hydrogen-bond donors (Lipinski definition) is 1. The van der Waals surface area contributed by atoms with Crippen LogP contribution in [0.2, 0.25) is 0 Å². The average molecular weight is 315 g/mol. The molecule has 1 fully saturated rings. The van der Waals surface area contributed by atoms with Gasteiger partial charge in [0.15, 0.2) is 11.6 Å². The number of rotatable bonds is 5. The van der Waals surface area contributed by atoms with Crippen molar-refractivity contribution in [1.29, 1.82) is 0 Å². The van der Waals surface area contributed by atoms with Gasteiger partial charge in [0.2, 0.25) is 0 Å². The lowest BCUT2D eigenvalue weighted by Gasteiger charge is -2.17. The van der Waals surface area contributed by atoms with E-state index >= 15 is 0 Å². The molecular weight excluding hydrogens is 293 g/mol. The van der Waals surface area contributed by atoms with E-state index in [-0.39, 0.29) is 17.7 Å². The summed E-state index contributed by atoms with van der Waals surface area (Å²) in [4.78, 5) is 2.25. The number of para-hydroxylation sites is 1. The quantitative estimate of drug-likeness (QED) is 0.910. The molecule has 4 heteroatoms. The molecule has 0 saturated carbocycles. The number of aliphatic hydroxyl groups excluding tert-OH is 1. The highest BCUT2D eigenvalue weighted by Crippen LogP contribution is 2.26. The van der Waals surface area contributed by atoms with Crippen molar-refractivity contribution in [3.05, 3.63) is 59.9 Å². The highest BCUT2D eigenvalue weighted by Gasteiger charge is 2.25. The summed E-state index contributed by atoms with van der Waals surface area (Å²) >= 11 is 0. The van der Waals surface area contributed by atoms with Gasteiger partial charge in [0.25, 0.3) is 0 Å². The highest BCUT2D eigenvalue weighted by molar-refractivity contribution is 5.34. The molecule has 0 amide bonds. The normalized spacial score (nSPS) is 19.7. The molecule has 1 saturated heterocycles. The van der Waals surface area contributed by atoms with Crippen molar-refractivity contribution in [2.45, 2.75) is 26.0 Å². The molecule has 3 rings (SSSR count). The number of nitrogens with zero attached hydrogens (tertiary/aromatic N) is 1. The molecule has 0 spiro atoms. The van der Waals surface area contributed by atoms with Gasteiger partial charge in [0.05, 0.1) is 6.10 Å². The third-order valence-electron chi connectivity index (χ3n) is 4.36.